The Morgan fingerprint density at radius 1 is 1.22 bits per heavy atom. The van der Waals surface area contributed by atoms with Gasteiger partial charge in [-0.1, -0.05) is 28.1 Å². The van der Waals surface area contributed by atoms with Crippen molar-refractivity contribution in [3.8, 4) is 11.3 Å². The number of H-pyrrole nitrogens is 1. The highest BCUT2D eigenvalue weighted by Gasteiger charge is 2.10. The van der Waals surface area contributed by atoms with Crippen LogP contribution >= 0.6 is 15.9 Å². The summed E-state index contributed by atoms with van der Waals surface area (Å²) in [4.78, 5) is 0. The first-order valence-corrected chi connectivity index (χ1v) is 6.79. The topological polar surface area (TPSA) is 40.7 Å². The maximum atomic E-state index is 4.34. The van der Waals surface area contributed by atoms with Crippen molar-refractivity contribution in [2.75, 3.05) is 0 Å². The van der Waals surface area contributed by atoms with Gasteiger partial charge in [-0.05, 0) is 39.0 Å². The molecule has 0 bridgehead atoms. The van der Waals surface area contributed by atoms with Gasteiger partial charge in [0.05, 0.1) is 5.69 Å². The van der Waals surface area contributed by atoms with Gasteiger partial charge in [-0.25, -0.2) is 0 Å². The molecule has 4 heteroatoms. The quantitative estimate of drug-likeness (QED) is 0.907. The summed E-state index contributed by atoms with van der Waals surface area (Å²) in [6.07, 6.45) is 0. The fraction of sp³-hybridized carbons (Fsp3) is 0.357. The molecule has 2 N–H and O–H groups in total. The van der Waals surface area contributed by atoms with E-state index < -0.39 is 0 Å². The molecule has 0 aliphatic heterocycles. The first-order chi connectivity index (χ1) is 8.44. The SMILES string of the molecule is CC(C)(C)NCc1cc(-c2ccc(Br)cc2)n[nH]1. The smallest absolute Gasteiger partial charge is 0.0924 e. The third kappa shape index (κ3) is 3.68. The molecule has 1 aromatic heterocycles. The van der Waals surface area contributed by atoms with Crippen molar-refractivity contribution < 1.29 is 0 Å². The highest BCUT2D eigenvalue weighted by atomic mass is 79.9. The lowest BCUT2D eigenvalue weighted by Crippen LogP contribution is -2.35. The summed E-state index contributed by atoms with van der Waals surface area (Å²) in [5, 5.41) is 10.8. The Bertz CT molecular complexity index is 509. The highest BCUT2D eigenvalue weighted by molar-refractivity contribution is 9.10. The highest BCUT2D eigenvalue weighted by Crippen LogP contribution is 2.20. The number of hydrogen-bond acceptors (Lipinski definition) is 2. The van der Waals surface area contributed by atoms with E-state index in [0.717, 1.165) is 28.0 Å². The van der Waals surface area contributed by atoms with Crippen molar-refractivity contribution in [2.45, 2.75) is 32.9 Å². The van der Waals surface area contributed by atoms with Gasteiger partial charge in [0.15, 0.2) is 0 Å². The van der Waals surface area contributed by atoms with E-state index in [1.807, 2.05) is 12.1 Å². The molecule has 0 atom stereocenters. The molecule has 0 aliphatic rings. The normalized spacial score (nSPS) is 11.8. The Kier molecular flexibility index (Phi) is 3.88. The number of aromatic amines is 1. The molecular weight excluding hydrogens is 290 g/mol. The molecule has 0 spiro atoms. The second-order valence-corrected chi connectivity index (χ2v) is 6.30. The summed E-state index contributed by atoms with van der Waals surface area (Å²) < 4.78 is 1.08. The maximum Gasteiger partial charge on any atom is 0.0924 e. The van der Waals surface area contributed by atoms with Crippen molar-refractivity contribution in [1.82, 2.24) is 15.5 Å². The lowest BCUT2D eigenvalue weighted by Gasteiger charge is -2.19. The van der Waals surface area contributed by atoms with Crippen LogP contribution in [-0.4, -0.2) is 15.7 Å². The van der Waals surface area contributed by atoms with Gasteiger partial charge in [-0.3, -0.25) is 5.10 Å². The van der Waals surface area contributed by atoms with Gasteiger partial charge in [-0.2, -0.15) is 5.10 Å². The van der Waals surface area contributed by atoms with Gasteiger partial charge in [0.25, 0.3) is 0 Å². The molecule has 1 heterocycles. The van der Waals surface area contributed by atoms with Crippen molar-refractivity contribution in [3.63, 3.8) is 0 Å². The molecule has 2 aromatic rings. The maximum absolute atomic E-state index is 4.34. The molecule has 0 fully saturated rings. The molecule has 0 saturated heterocycles. The number of rotatable bonds is 3. The third-order valence-corrected chi connectivity index (χ3v) is 3.11. The molecule has 3 nitrogen and oxygen atoms in total. The van der Waals surface area contributed by atoms with E-state index >= 15 is 0 Å². The summed E-state index contributed by atoms with van der Waals surface area (Å²) in [5.41, 5.74) is 3.32. The molecule has 0 unspecified atom stereocenters. The number of nitrogens with zero attached hydrogens (tertiary/aromatic N) is 1. The molecule has 1 aromatic carbocycles. The zero-order valence-corrected chi connectivity index (χ0v) is 12.5. The van der Waals surface area contributed by atoms with Crippen LogP contribution in [0.5, 0.6) is 0 Å². The van der Waals surface area contributed by atoms with Crippen LogP contribution in [0.15, 0.2) is 34.8 Å². The van der Waals surface area contributed by atoms with Crippen molar-refractivity contribution in [3.05, 3.63) is 40.5 Å². The molecule has 96 valence electrons. The predicted molar refractivity (Wildman–Crippen MR) is 78.3 cm³/mol. The number of nitrogens with one attached hydrogen (secondary N) is 2. The van der Waals surface area contributed by atoms with Crippen LogP contribution in [0.4, 0.5) is 0 Å². The average molecular weight is 308 g/mol. The van der Waals surface area contributed by atoms with Gasteiger partial charge < -0.3 is 5.32 Å². The standard InChI is InChI=1S/C14H18BrN3/c1-14(2,3)16-9-12-8-13(18-17-12)10-4-6-11(15)7-5-10/h4-8,16H,9H2,1-3H3,(H,17,18). The summed E-state index contributed by atoms with van der Waals surface area (Å²) in [6.45, 7) is 7.25. The average Bonchev–Trinajstić information content (AvgIpc) is 2.75. The zero-order chi connectivity index (χ0) is 13.2. The fourth-order valence-corrected chi connectivity index (χ4v) is 1.85. The van der Waals surface area contributed by atoms with Crippen LogP contribution in [0.2, 0.25) is 0 Å². The Hall–Kier alpha value is -1.13. The van der Waals surface area contributed by atoms with Crippen LogP contribution in [0.3, 0.4) is 0 Å². The minimum absolute atomic E-state index is 0.114. The molecule has 0 saturated carbocycles. The van der Waals surface area contributed by atoms with Crippen LogP contribution < -0.4 is 5.32 Å². The van der Waals surface area contributed by atoms with Crippen molar-refractivity contribution in [2.24, 2.45) is 0 Å². The monoisotopic (exact) mass is 307 g/mol. The Morgan fingerprint density at radius 3 is 2.50 bits per heavy atom. The summed E-state index contributed by atoms with van der Waals surface area (Å²) in [7, 11) is 0. The van der Waals surface area contributed by atoms with E-state index in [4.69, 9.17) is 0 Å². The van der Waals surface area contributed by atoms with E-state index in [1.54, 1.807) is 0 Å². The minimum Gasteiger partial charge on any atom is -0.306 e. The molecule has 0 radical (unpaired) electrons. The number of aromatic nitrogens is 2. The third-order valence-electron chi connectivity index (χ3n) is 2.58. The minimum atomic E-state index is 0.114. The first-order valence-electron chi connectivity index (χ1n) is 5.99. The summed E-state index contributed by atoms with van der Waals surface area (Å²) in [6, 6.07) is 10.2. The molecule has 0 amide bonds. The Morgan fingerprint density at radius 2 is 1.89 bits per heavy atom. The second-order valence-electron chi connectivity index (χ2n) is 5.39. The number of halogens is 1. The van der Waals surface area contributed by atoms with Crippen LogP contribution in [0.25, 0.3) is 11.3 Å². The molecule has 2 rings (SSSR count). The van der Waals surface area contributed by atoms with E-state index in [1.165, 1.54) is 0 Å². The van der Waals surface area contributed by atoms with E-state index in [2.05, 4.69) is 70.4 Å². The summed E-state index contributed by atoms with van der Waals surface area (Å²) in [5.74, 6) is 0. The second kappa shape index (κ2) is 5.24. The molecule has 0 aliphatic carbocycles. The van der Waals surface area contributed by atoms with Gasteiger partial charge in [0.1, 0.15) is 0 Å². The molecular formula is C14H18BrN3. The number of hydrogen-bond donors (Lipinski definition) is 2. The zero-order valence-electron chi connectivity index (χ0n) is 10.9. The van der Waals surface area contributed by atoms with E-state index in [-0.39, 0.29) is 5.54 Å². The Balaban J connectivity index is 2.08. The number of benzene rings is 1. The Labute approximate surface area is 116 Å². The van der Waals surface area contributed by atoms with Crippen molar-refractivity contribution >= 4 is 15.9 Å². The first kappa shape index (κ1) is 13.3. The van der Waals surface area contributed by atoms with Gasteiger partial charge in [0, 0.05) is 27.8 Å². The van der Waals surface area contributed by atoms with Crippen LogP contribution in [0, 0.1) is 0 Å². The lowest BCUT2D eigenvalue weighted by atomic mass is 10.1. The largest absolute Gasteiger partial charge is 0.306 e. The molecule has 18 heavy (non-hydrogen) atoms. The van der Waals surface area contributed by atoms with Gasteiger partial charge in [0.2, 0.25) is 0 Å². The van der Waals surface area contributed by atoms with Crippen molar-refractivity contribution in [1.29, 1.82) is 0 Å². The van der Waals surface area contributed by atoms with Crippen LogP contribution in [0.1, 0.15) is 26.5 Å². The van der Waals surface area contributed by atoms with Crippen LogP contribution in [-0.2, 0) is 6.54 Å². The lowest BCUT2D eigenvalue weighted by molar-refractivity contribution is 0.421. The fourth-order valence-electron chi connectivity index (χ4n) is 1.58. The van der Waals surface area contributed by atoms with Gasteiger partial charge in [-0.15, -0.1) is 0 Å². The predicted octanol–water partition coefficient (Wildman–Crippen LogP) is 3.73. The summed E-state index contributed by atoms with van der Waals surface area (Å²) >= 11 is 3.43. The van der Waals surface area contributed by atoms with E-state index in [9.17, 15) is 0 Å². The van der Waals surface area contributed by atoms with Gasteiger partial charge >= 0.3 is 0 Å². The van der Waals surface area contributed by atoms with E-state index in [0.29, 0.717) is 0 Å².